The maximum Gasteiger partial charge on any atom is 0.414 e. The van der Waals surface area contributed by atoms with E-state index in [1.807, 2.05) is 24.3 Å². The summed E-state index contributed by atoms with van der Waals surface area (Å²) >= 11 is 0. The van der Waals surface area contributed by atoms with Crippen LogP contribution >= 0.6 is 0 Å². The van der Waals surface area contributed by atoms with Gasteiger partial charge in [-0.25, -0.2) is 14.0 Å². The lowest BCUT2D eigenvalue weighted by atomic mass is 10.2. The number of halogens is 1. The molecule has 40 heavy (non-hydrogen) atoms. The van der Waals surface area contributed by atoms with Gasteiger partial charge in [-0.2, -0.15) is 0 Å². The molecule has 11 nitrogen and oxygen atoms in total. The van der Waals surface area contributed by atoms with Crippen LogP contribution in [0.4, 0.5) is 10.1 Å². The molecule has 0 radical (unpaired) electrons. The molecular weight excluding hydrogens is 523 g/mol. The fourth-order valence-corrected chi connectivity index (χ4v) is 4.34. The van der Waals surface area contributed by atoms with Gasteiger partial charge in [0.05, 0.1) is 12.8 Å². The van der Waals surface area contributed by atoms with Gasteiger partial charge in [0.2, 0.25) is 0 Å². The summed E-state index contributed by atoms with van der Waals surface area (Å²) < 4.78 is 23.1. The molecule has 4 N–H and O–H groups in total. The Kier molecular flexibility index (Phi) is 11.6. The smallest absolute Gasteiger partial charge is 0.414 e. The number of H-pyrrole nitrogens is 1. The van der Waals surface area contributed by atoms with Gasteiger partial charge in [0.1, 0.15) is 30.5 Å². The van der Waals surface area contributed by atoms with Gasteiger partial charge in [0.15, 0.2) is 0 Å². The van der Waals surface area contributed by atoms with Crippen LogP contribution in [0.1, 0.15) is 23.3 Å². The topological polar surface area (TPSA) is 144 Å². The summed E-state index contributed by atoms with van der Waals surface area (Å²) in [5, 5.41) is 18.6. The van der Waals surface area contributed by atoms with Crippen LogP contribution in [0.5, 0.6) is 11.5 Å². The third-order valence-corrected chi connectivity index (χ3v) is 6.35. The highest BCUT2D eigenvalue weighted by atomic mass is 19.1. The van der Waals surface area contributed by atoms with E-state index in [4.69, 9.17) is 29.3 Å². The van der Waals surface area contributed by atoms with Crippen LogP contribution < -0.4 is 19.7 Å². The molecule has 1 aliphatic heterocycles. The van der Waals surface area contributed by atoms with Crippen LogP contribution in [-0.2, 0) is 9.59 Å². The van der Waals surface area contributed by atoms with Crippen molar-refractivity contribution in [2.24, 2.45) is 0 Å². The summed E-state index contributed by atoms with van der Waals surface area (Å²) in [5.74, 6) is -2.25. The van der Waals surface area contributed by atoms with Crippen molar-refractivity contribution >= 4 is 34.4 Å². The second-order valence-corrected chi connectivity index (χ2v) is 9.04. The number of para-hydroxylation sites is 2. The standard InChI is InChI=1S/C26H33FN4O3.C2H2O4/c1-33-25-7-3-2-6-24(25)31-15-13-30(14-16-31)12-5-4-11-28-26(32)23-19-20-18-21(34-17-10-27)8-9-22(20)29-23;3-1(4)2(5)6/h2-3,6-9,18-19,29H,4-5,10-17H2,1H3,(H,28,32);(H,3,4)(H,5,6). The average Bonchev–Trinajstić information content (AvgIpc) is 3.40. The number of aromatic nitrogens is 1. The van der Waals surface area contributed by atoms with Gasteiger partial charge >= 0.3 is 11.9 Å². The zero-order valence-electron chi connectivity index (χ0n) is 22.4. The van der Waals surface area contributed by atoms with Crippen molar-refractivity contribution in [2.45, 2.75) is 12.8 Å². The molecule has 12 heteroatoms. The van der Waals surface area contributed by atoms with Crippen LogP contribution in [0.3, 0.4) is 0 Å². The molecule has 0 unspecified atom stereocenters. The predicted octanol–water partition coefficient (Wildman–Crippen LogP) is 3.01. The number of alkyl halides is 1. The van der Waals surface area contributed by atoms with Crippen LogP contribution in [0.25, 0.3) is 10.9 Å². The molecule has 1 amide bonds. The molecule has 2 heterocycles. The Morgan fingerprint density at radius 3 is 2.40 bits per heavy atom. The Morgan fingerprint density at radius 2 is 1.73 bits per heavy atom. The summed E-state index contributed by atoms with van der Waals surface area (Å²) in [4.78, 5) is 38.7. The number of anilines is 1. The Labute approximate surface area is 231 Å². The molecular formula is C28H35FN4O7. The number of aliphatic carboxylic acids is 2. The first kappa shape index (κ1) is 30.2. The van der Waals surface area contributed by atoms with Crippen molar-refractivity contribution in [2.75, 3.05) is 64.6 Å². The second kappa shape index (κ2) is 15.3. The zero-order valence-corrected chi connectivity index (χ0v) is 22.4. The van der Waals surface area contributed by atoms with Crippen molar-refractivity contribution in [3.8, 4) is 11.5 Å². The van der Waals surface area contributed by atoms with Gasteiger partial charge in [-0.1, -0.05) is 12.1 Å². The van der Waals surface area contributed by atoms with E-state index in [1.54, 1.807) is 19.2 Å². The highest BCUT2D eigenvalue weighted by Gasteiger charge is 2.19. The molecule has 1 aromatic heterocycles. The normalized spacial score (nSPS) is 13.3. The number of carbonyl (C=O) groups excluding carboxylic acids is 1. The Balaban J connectivity index is 0.000000663. The van der Waals surface area contributed by atoms with Crippen molar-refractivity contribution < 1.29 is 38.5 Å². The number of amides is 1. The van der Waals surface area contributed by atoms with Gasteiger partial charge < -0.3 is 34.9 Å². The minimum Gasteiger partial charge on any atom is -0.495 e. The summed E-state index contributed by atoms with van der Waals surface area (Å²) in [6.07, 6.45) is 1.97. The number of ether oxygens (including phenoxy) is 2. The lowest BCUT2D eigenvalue weighted by Gasteiger charge is -2.36. The number of aromatic amines is 1. The molecule has 216 valence electrons. The minimum absolute atomic E-state index is 0.0285. The molecule has 2 aromatic carbocycles. The zero-order chi connectivity index (χ0) is 28.9. The van der Waals surface area contributed by atoms with Crippen LogP contribution in [0.2, 0.25) is 0 Å². The number of nitrogens with zero attached hydrogens (tertiary/aromatic N) is 2. The molecule has 0 aliphatic carbocycles. The van der Waals surface area contributed by atoms with Gasteiger partial charge in [-0.05, 0) is 55.8 Å². The van der Waals surface area contributed by atoms with Gasteiger partial charge in [0, 0.05) is 43.6 Å². The number of carboxylic acid groups (broad SMARTS) is 2. The molecule has 1 saturated heterocycles. The fourth-order valence-electron chi connectivity index (χ4n) is 4.34. The summed E-state index contributed by atoms with van der Waals surface area (Å²) in [6.45, 7) is 5.19. The monoisotopic (exact) mass is 558 g/mol. The van der Waals surface area contributed by atoms with Crippen molar-refractivity contribution in [1.29, 1.82) is 0 Å². The quantitative estimate of drug-likeness (QED) is 0.206. The first-order valence-corrected chi connectivity index (χ1v) is 13.0. The lowest BCUT2D eigenvalue weighted by Crippen LogP contribution is -2.46. The molecule has 3 aromatic rings. The predicted molar refractivity (Wildman–Crippen MR) is 148 cm³/mol. The maximum absolute atomic E-state index is 12.5. The molecule has 0 saturated carbocycles. The Morgan fingerprint density at radius 1 is 1.00 bits per heavy atom. The number of nitrogens with one attached hydrogen (secondary N) is 2. The van der Waals surface area contributed by atoms with E-state index in [-0.39, 0.29) is 12.5 Å². The van der Waals surface area contributed by atoms with E-state index in [0.717, 1.165) is 67.9 Å². The SMILES string of the molecule is COc1ccccc1N1CCN(CCCCNC(=O)c2cc3cc(OCCF)ccc3[nH]2)CC1.O=C(O)C(=O)O. The molecule has 0 atom stereocenters. The highest BCUT2D eigenvalue weighted by Crippen LogP contribution is 2.28. The highest BCUT2D eigenvalue weighted by molar-refractivity contribution is 6.27. The van der Waals surface area contributed by atoms with E-state index in [1.165, 1.54) is 0 Å². The van der Waals surface area contributed by atoms with Crippen molar-refractivity contribution in [1.82, 2.24) is 15.2 Å². The number of methoxy groups -OCH3 is 1. The number of hydrogen-bond acceptors (Lipinski definition) is 7. The molecule has 4 rings (SSSR count). The molecule has 1 aliphatic rings. The molecule has 0 bridgehead atoms. The number of fused-ring (bicyclic) bond motifs is 1. The number of benzene rings is 2. The maximum atomic E-state index is 12.5. The summed E-state index contributed by atoms with van der Waals surface area (Å²) in [5.41, 5.74) is 2.53. The van der Waals surface area contributed by atoms with E-state index in [9.17, 15) is 9.18 Å². The van der Waals surface area contributed by atoms with Crippen LogP contribution in [0, 0.1) is 0 Å². The van der Waals surface area contributed by atoms with E-state index >= 15 is 0 Å². The molecule has 0 spiro atoms. The first-order valence-electron chi connectivity index (χ1n) is 13.0. The Hall–Kier alpha value is -4.32. The van der Waals surface area contributed by atoms with Crippen molar-refractivity contribution in [3.63, 3.8) is 0 Å². The third kappa shape index (κ3) is 8.87. The minimum atomic E-state index is -1.82. The van der Waals surface area contributed by atoms with Crippen molar-refractivity contribution in [3.05, 3.63) is 54.2 Å². The first-order chi connectivity index (χ1) is 19.3. The number of carbonyl (C=O) groups is 3. The van der Waals surface area contributed by atoms with Gasteiger partial charge in [-0.15, -0.1) is 0 Å². The summed E-state index contributed by atoms with van der Waals surface area (Å²) in [7, 11) is 1.72. The Bertz CT molecular complexity index is 1260. The number of rotatable bonds is 11. The van der Waals surface area contributed by atoms with Crippen LogP contribution in [-0.4, -0.2) is 97.6 Å². The van der Waals surface area contributed by atoms with E-state index in [0.29, 0.717) is 18.0 Å². The van der Waals surface area contributed by atoms with Gasteiger partial charge in [0.25, 0.3) is 5.91 Å². The average molecular weight is 559 g/mol. The molecule has 1 fully saturated rings. The fraction of sp³-hybridized carbons (Fsp3) is 0.393. The number of hydrogen-bond donors (Lipinski definition) is 4. The number of piperazine rings is 1. The number of carboxylic acids is 2. The third-order valence-electron chi connectivity index (χ3n) is 6.35. The largest absolute Gasteiger partial charge is 0.495 e. The second-order valence-electron chi connectivity index (χ2n) is 9.04. The summed E-state index contributed by atoms with van der Waals surface area (Å²) in [6, 6.07) is 15.4. The van der Waals surface area contributed by atoms with E-state index in [2.05, 4.69) is 32.2 Å². The lowest BCUT2D eigenvalue weighted by molar-refractivity contribution is -0.159. The number of unbranched alkanes of at least 4 members (excludes halogenated alkanes) is 1. The van der Waals surface area contributed by atoms with Crippen LogP contribution in [0.15, 0.2) is 48.5 Å². The van der Waals surface area contributed by atoms with Gasteiger partial charge in [-0.3, -0.25) is 9.69 Å². The van der Waals surface area contributed by atoms with E-state index < -0.39 is 18.6 Å².